The summed E-state index contributed by atoms with van der Waals surface area (Å²) in [5, 5.41) is 0.924. The average molecular weight is 281 g/mol. The number of nitrogens with zero attached hydrogens (tertiary/aromatic N) is 1. The van der Waals surface area contributed by atoms with Crippen LogP contribution in [0.25, 0.3) is 0 Å². The van der Waals surface area contributed by atoms with Gasteiger partial charge in [-0.2, -0.15) is 0 Å². The number of ketones is 1. The second kappa shape index (κ2) is 6.28. The molecule has 104 valence electrons. The van der Waals surface area contributed by atoms with Crippen LogP contribution in [0.4, 0.5) is 0 Å². The van der Waals surface area contributed by atoms with E-state index in [1.165, 1.54) is 37.5 Å². The Morgan fingerprint density at radius 3 is 2.58 bits per heavy atom. The molecule has 0 spiro atoms. The number of aromatic nitrogens is 1. The van der Waals surface area contributed by atoms with Crippen LogP contribution >= 0.6 is 11.3 Å². The molecule has 1 aromatic rings. The summed E-state index contributed by atoms with van der Waals surface area (Å²) in [4.78, 5) is 28.3. The molecule has 0 unspecified atom stereocenters. The van der Waals surface area contributed by atoms with Gasteiger partial charge in [-0.3, -0.25) is 4.79 Å². The van der Waals surface area contributed by atoms with E-state index in [-0.39, 0.29) is 11.5 Å². The van der Waals surface area contributed by atoms with E-state index >= 15 is 0 Å². The lowest BCUT2D eigenvalue weighted by Gasteiger charge is -2.18. The van der Waals surface area contributed by atoms with E-state index < -0.39 is 5.97 Å². The Labute approximate surface area is 117 Å². The van der Waals surface area contributed by atoms with Gasteiger partial charge in [0.05, 0.1) is 11.6 Å². The molecule has 0 bridgehead atoms. The highest BCUT2D eigenvalue weighted by molar-refractivity contribution is 7.14. The molecular formula is C14H19NO3S. The number of hydrogen-bond acceptors (Lipinski definition) is 5. The van der Waals surface area contributed by atoms with Crippen molar-refractivity contribution >= 4 is 23.1 Å². The quantitative estimate of drug-likeness (QED) is 0.625. The molecule has 0 aromatic carbocycles. The van der Waals surface area contributed by atoms with Crippen molar-refractivity contribution in [3.05, 3.63) is 15.6 Å². The summed E-state index contributed by atoms with van der Waals surface area (Å²) in [5.41, 5.74) is 0.208. The van der Waals surface area contributed by atoms with Gasteiger partial charge in [-0.05, 0) is 19.8 Å². The van der Waals surface area contributed by atoms with Gasteiger partial charge in [0.25, 0.3) is 0 Å². The van der Waals surface area contributed by atoms with Crippen LogP contribution in [0, 0.1) is 0 Å². The first kappa shape index (κ1) is 14.2. The lowest BCUT2D eigenvalue weighted by atomic mass is 9.90. The Morgan fingerprint density at radius 1 is 1.32 bits per heavy atom. The van der Waals surface area contributed by atoms with Crippen LogP contribution in [0.3, 0.4) is 0 Å². The number of hydrogen-bond donors (Lipinski definition) is 0. The van der Waals surface area contributed by atoms with E-state index in [4.69, 9.17) is 4.74 Å². The zero-order chi connectivity index (χ0) is 13.8. The zero-order valence-corrected chi connectivity index (χ0v) is 12.2. The molecule has 0 saturated heterocycles. The van der Waals surface area contributed by atoms with Crippen LogP contribution in [-0.4, -0.2) is 23.3 Å². The zero-order valence-electron chi connectivity index (χ0n) is 11.4. The Hall–Kier alpha value is -1.23. The SMILES string of the molecule is CCOC(=O)c1nc(C2CCCCC2)sc1C(C)=O. The number of esters is 1. The summed E-state index contributed by atoms with van der Waals surface area (Å²) >= 11 is 1.37. The van der Waals surface area contributed by atoms with E-state index in [1.807, 2.05) is 0 Å². The number of thiazole rings is 1. The fourth-order valence-corrected chi connectivity index (χ4v) is 3.56. The Morgan fingerprint density at radius 2 is 2.00 bits per heavy atom. The van der Waals surface area contributed by atoms with Crippen molar-refractivity contribution in [1.82, 2.24) is 4.98 Å². The number of carbonyl (C=O) groups excluding carboxylic acids is 2. The minimum Gasteiger partial charge on any atom is -0.461 e. The third-order valence-electron chi connectivity index (χ3n) is 3.39. The third kappa shape index (κ3) is 3.21. The second-order valence-corrected chi connectivity index (χ2v) is 5.87. The molecule has 1 heterocycles. The van der Waals surface area contributed by atoms with Crippen LogP contribution in [0.5, 0.6) is 0 Å². The van der Waals surface area contributed by atoms with Crippen LogP contribution < -0.4 is 0 Å². The van der Waals surface area contributed by atoms with Gasteiger partial charge >= 0.3 is 5.97 Å². The van der Waals surface area contributed by atoms with Gasteiger partial charge in [-0.25, -0.2) is 9.78 Å². The molecule has 1 saturated carbocycles. The van der Waals surface area contributed by atoms with Crippen molar-refractivity contribution in [2.75, 3.05) is 6.61 Å². The number of carbonyl (C=O) groups is 2. The highest BCUT2D eigenvalue weighted by Crippen LogP contribution is 2.36. The number of rotatable bonds is 4. The maximum Gasteiger partial charge on any atom is 0.358 e. The Bertz CT molecular complexity index is 475. The lowest BCUT2D eigenvalue weighted by Crippen LogP contribution is -2.10. The third-order valence-corrected chi connectivity index (χ3v) is 4.71. The van der Waals surface area contributed by atoms with E-state index in [0.717, 1.165) is 17.8 Å². The van der Waals surface area contributed by atoms with Crippen molar-refractivity contribution in [1.29, 1.82) is 0 Å². The molecule has 0 N–H and O–H groups in total. The standard InChI is InChI=1S/C14H19NO3S/c1-3-18-14(17)11-12(9(2)16)19-13(15-11)10-7-5-4-6-8-10/h10H,3-8H2,1-2H3. The fourth-order valence-electron chi connectivity index (χ4n) is 2.44. The van der Waals surface area contributed by atoms with Crippen LogP contribution in [-0.2, 0) is 4.74 Å². The predicted octanol–water partition coefficient (Wildman–Crippen LogP) is 3.57. The maximum absolute atomic E-state index is 11.8. The van der Waals surface area contributed by atoms with Crippen molar-refractivity contribution in [2.24, 2.45) is 0 Å². The maximum atomic E-state index is 11.8. The summed E-state index contributed by atoms with van der Waals surface area (Å²) in [5.74, 6) is -0.186. The molecule has 1 aromatic heterocycles. The number of Topliss-reactive ketones (excluding diaryl/α,β-unsaturated/α-hetero) is 1. The Kier molecular flexibility index (Phi) is 4.69. The van der Waals surface area contributed by atoms with Gasteiger partial charge in [-0.1, -0.05) is 19.3 Å². The molecule has 0 atom stereocenters. The topological polar surface area (TPSA) is 56.3 Å². The van der Waals surface area contributed by atoms with E-state index in [9.17, 15) is 9.59 Å². The average Bonchev–Trinajstić information content (AvgIpc) is 2.85. The molecule has 1 aliphatic carbocycles. The van der Waals surface area contributed by atoms with Crippen molar-refractivity contribution in [3.8, 4) is 0 Å². The first-order valence-electron chi connectivity index (χ1n) is 6.82. The first-order chi connectivity index (χ1) is 9.13. The molecule has 2 rings (SSSR count). The lowest BCUT2D eigenvalue weighted by molar-refractivity contribution is 0.0517. The molecular weight excluding hydrogens is 262 g/mol. The summed E-state index contributed by atoms with van der Waals surface area (Å²) in [6.07, 6.45) is 5.88. The van der Waals surface area contributed by atoms with Gasteiger partial charge in [0.2, 0.25) is 0 Å². The predicted molar refractivity (Wildman–Crippen MR) is 73.9 cm³/mol. The number of ether oxygens (including phenoxy) is 1. The molecule has 0 aliphatic heterocycles. The normalized spacial score (nSPS) is 16.3. The van der Waals surface area contributed by atoms with E-state index in [0.29, 0.717) is 17.4 Å². The minimum atomic E-state index is -0.481. The minimum absolute atomic E-state index is 0.109. The van der Waals surface area contributed by atoms with Crippen molar-refractivity contribution < 1.29 is 14.3 Å². The van der Waals surface area contributed by atoms with Gasteiger partial charge in [0.15, 0.2) is 11.5 Å². The summed E-state index contributed by atoms with van der Waals surface area (Å²) < 4.78 is 4.97. The van der Waals surface area contributed by atoms with Crippen LogP contribution in [0.1, 0.15) is 77.0 Å². The van der Waals surface area contributed by atoms with E-state index in [1.54, 1.807) is 6.92 Å². The monoisotopic (exact) mass is 281 g/mol. The smallest absolute Gasteiger partial charge is 0.358 e. The highest BCUT2D eigenvalue weighted by Gasteiger charge is 2.26. The highest BCUT2D eigenvalue weighted by atomic mass is 32.1. The van der Waals surface area contributed by atoms with Gasteiger partial charge in [0, 0.05) is 12.8 Å². The Balaban J connectivity index is 2.28. The molecule has 0 radical (unpaired) electrons. The van der Waals surface area contributed by atoms with Crippen LogP contribution in [0.2, 0.25) is 0 Å². The molecule has 19 heavy (non-hydrogen) atoms. The summed E-state index contributed by atoms with van der Waals surface area (Å²) in [7, 11) is 0. The van der Waals surface area contributed by atoms with Crippen molar-refractivity contribution in [2.45, 2.75) is 51.9 Å². The van der Waals surface area contributed by atoms with Gasteiger partial charge in [0.1, 0.15) is 4.88 Å². The van der Waals surface area contributed by atoms with Gasteiger partial charge < -0.3 is 4.74 Å². The van der Waals surface area contributed by atoms with E-state index in [2.05, 4.69) is 4.98 Å². The van der Waals surface area contributed by atoms with Gasteiger partial charge in [-0.15, -0.1) is 11.3 Å². The van der Waals surface area contributed by atoms with Crippen molar-refractivity contribution in [3.63, 3.8) is 0 Å². The molecule has 5 heteroatoms. The molecule has 1 aliphatic rings. The molecule has 1 fully saturated rings. The first-order valence-corrected chi connectivity index (χ1v) is 7.64. The second-order valence-electron chi connectivity index (χ2n) is 4.84. The molecule has 4 nitrogen and oxygen atoms in total. The largest absolute Gasteiger partial charge is 0.461 e. The summed E-state index contributed by atoms with van der Waals surface area (Å²) in [6, 6.07) is 0. The summed E-state index contributed by atoms with van der Waals surface area (Å²) in [6.45, 7) is 3.52. The molecule has 0 amide bonds. The fraction of sp³-hybridized carbons (Fsp3) is 0.643. The van der Waals surface area contributed by atoms with Crippen LogP contribution in [0.15, 0.2) is 0 Å².